The molecule has 30 heteroatoms. The van der Waals surface area contributed by atoms with E-state index in [2.05, 4.69) is 126 Å². The number of amides is 3. The Balaban J connectivity index is 0.000000341. The Labute approximate surface area is 630 Å². The zero-order chi connectivity index (χ0) is 73.9. The van der Waals surface area contributed by atoms with Crippen LogP contribution in [-0.2, 0) is 23.9 Å². The fourth-order valence-electron chi connectivity index (χ4n) is 12.6. The molecule has 27 nitrogen and oxygen atoms in total. The summed E-state index contributed by atoms with van der Waals surface area (Å²) in [7, 11) is 0. The topological polar surface area (TPSA) is 335 Å². The lowest BCUT2D eigenvalue weighted by Gasteiger charge is -2.50. The first kappa shape index (κ1) is 75.8. The van der Waals surface area contributed by atoms with E-state index in [-0.39, 0.29) is 50.6 Å². The minimum atomic E-state index is -0.625. The maximum absolute atomic E-state index is 11.6. The maximum atomic E-state index is 11.6. The van der Waals surface area contributed by atoms with Gasteiger partial charge in [-0.15, -0.1) is 0 Å². The van der Waals surface area contributed by atoms with Crippen LogP contribution in [0.25, 0.3) is 0 Å². The van der Waals surface area contributed by atoms with Gasteiger partial charge in [0.2, 0.25) is 17.7 Å². The van der Waals surface area contributed by atoms with E-state index in [1.165, 1.54) is 48.1 Å². The summed E-state index contributed by atoms with van der Waals surface area (Å²) < 4.78 is 12.3. The van der Waals surface area contributed by atoms with Gasteiger partial charge in [0.25, 0.3) is 0 Å². The molecule has 0 bridgehead atoms. The lowest BCUT2D eigenvalue weighted by atomic mass is 9.79. The van der Waals surface area contributed by atoms with E-state index in [0.717, 1.165) is 105 Å². The monoisotopic (exact) mass is 1480 g/mol. The molecule has 104 heavy (non-hydrogen) atoms. The largest absolute Gasteiger partial charge is 0.386 e. The second-order valence-corrected chi connectivity index (χ2v) is 31.5. The fraction of sp³-hybridized carbons (Fsp3) is 0.432. The van der Waals surface area contributed by atoms with E-state index in [1.807, 2.05) is 151 Å². The number of carbonyl (C=O) groups excluding carboxylic acids is 3. The van der Waals surface area contributed by atoms with Crippen molar-refractivity contribution in [2.45, 2.75) is 194 Å². The van der Waals surface area contributed by atoms with Crippen molar-refractivity contribution in [2.24, 2.45) is 5.92 Å². The second kappa shape index (κ2) is 33.2. The van der Waals surface area contributed by atoms with E-state index < -0.39 is 5.60 Å². The Bertz CT molecular complexity index is 4420. The van der Waals surface area contributed by atoms with E-state index in [4.69, 9.17) is 39.4 Å². The normalized spacial score (nSPS) is 15.7. The number of nitrogens with zero attached hydrogens (tertiary/aromatic N) is 12. The number of benzene rings is 3. The van der Waals surface area contributed by atoms with Crippen LogP contribution >= 0.6 is 35.3 Å². The van der Waals surface area contributed by atoms with E-state index in [1.54, 1.807) is 0 Å². The predicted octanol–water partition coefficient (Wildman–Crippen LogP) is 16.1. The molecule has 564 valence electrons. The molecule has 9 heterocycles. The number of hydrogen-bond acceptors (Lipinski definition) is 24. The molecule has 1 saturated carbocycles. The molecule has 0 radical (unpaired) electrons. The number of rotatable bonds is 25. The van der Waals surface area contributed by atoms with Gasteiger partial charge in [-0.2, -0.15) is 15.3 Å². The highest BCUT2D eigenvalue weighted by Gasteiger charge is 2.49. The minimum absolute atomic E-state index is 0. The number of aliphatic hydroxyl groups is 1. The van der Waals surface area contributed by atoms with Gasteiger partial charge in [-0.25, -0.2) is 29.9 Å². The Morgan fingerprint density at radius 3 is 1.12 bits per heavy atom. The number of anilines is 12. The highest BCUT2D eigenvalue weighted by Crippen LogP contribution is 2.43. The molecule has 4 fully saturated rings. The Hall–Kier alpha value is -9.33. The van der Waals surface area contributed by atoms with Crippen LogP contribution in [0.1, 0.15) is 141 Å². The first-order valence-electron chi connectivity index (χ1n) is 35.2. The van der Waals surface area contributed by atoms with Gasteiger partial charge in [0.1, 0.15) is 51.7 Å². The first-order chi connectivity index (χ1) is 49.6. The third kappa shape index (κ3) is 21.2. The number of aromatic amines is 3. The molecule has 4 aliphatic rings. The van der Waals surface area contributed by atoms with Crippen molar-refractivity contribution in [3.05, 3.63) is 126 Å². The van der Waals surface area contributed by atoms with Crippen LogP contribution in [0.4, 0.5) is 69.4 Å². The maximum Gasteiger partial charge on any atom is 0.224 e. The quantitative estimate of drug-likeness (QED) is 0.0238. The molecular weight excluding hydrogens is 1380 g/mol. The van der Waals surface area contributed by atoms with Crippen molar-refractivity contribution in [3.8, 4) is 0 Å². The summed E-state index contributed by atoms with van der Waals surface area (Å²) in [5.41, 5.74) is 3.95. The summed E-state index contributed by atoms with van der Waals surface area (Å²) >= 11 is 4.38. The summed E-state index contributed by atoms with van der Waals surface area (Å²) in [5.74, 6) is 6.86. The first-order valence-corrected chi connectivity index (χ1v) is 37.7. The van der Waals surface area contributed by atoms with Gasteiger partial charge >= 0.3 is 0 Å². The van der Waals surface area contributed by atoms with Gasteiger partial charge in [0.05, 0.1) is 37.9 Å². The molecule has 10 N–H and O–H groups in total. The van der Waals surface area contributed by atoms with Gasteiger partial charge in [-0.1, -0.05) is 33.6 Å². The Morgan fingerprint density at radius 1 is 0.510 bits per heavy atom. The number of aryl methyl sites for hydroxylation is 3. The van der Waals surface area contributed by atoms with Crippen LogP contribution < -0.4 is 46.6 Å². The van der Waals surface area contributed by atoms with Crippen LogP contribution in [0.5, 0.6) is 0 Å². The van der Waals surface area contributed by atoms with Gasteiger partial charge < -0.3 is 61.2 Å². The smallest absolute Gasteiger partial charge is 0.224 e. The summed E-state index contributed by atoms with van der Waals surface area (Å²) in [6.07, 6.45) is 6.13. The highest BCUT2D eigenvalue weighted by atomic mass is 32.2. The third-order valence-electron chi connectivity index (χ3n) is 17.2. The van der Waals surface area contributed by atoms with E-state index >= 15 is 0 Å². The highest BCUT2D eigenvalue weighted by molar-refractivity contribution is 7.99. The number of aromatic nitrogens is 12. The van der Waals surface area contributed by atoms with Crippen LogP contribution in [0, 0.1) is 26.7 Å². The average Bonchev–Trinajstić information content (AvgIpc) is 1.72. The molecule has 9 aromatic rings. The van der Waals surface area contributed by atoms with Gasteiger partial charge in [0.15, 0.2) is 32.9 Å². The van der Waals surface area contributed by atoms with Crippen molar-refractivity contribution in [1.82, 2.24) is 60.5 Å². The Kier molecular flexibility index (Phi) is 24.2. The summed E-state index contributed by atoms with van der Waals surface area (Å²) in [6.45, 7) is 30.1. The number of β-amino-alcohol motifs (C(OH)–C–C–N with tert-alkyl or cyclic N) is 1. The zero-order valence-corrected chi connectivity index (χ0v) is 63.8. The molecule has 3 aromatic carbocycles. The van der Waals surface area contributed by atoms with Crippen molar-refractivity contribution in [2.75, 3.05) is 85.9 Å². The predicted molar refractivity (Wildman–Crippen MR) is 427 cm³/mol. The van der Waals surface area contributed by atoms with E-state index in [0.29, 0.717) is 88.6 Å². The van der Waals surface area contributed by atoms with Crippen molar-refractivity contribution >= 4 is 122 Å². The number of H-pyrrole nitrogens is 3. The Morgan fingerprint density at radius 2 is 0.827 bits per heavy atom. The molecule has 0 unspecified atom stereocenters. The number of hydrogen-bond donors (Lipinski definition) is 10. The molecule has 13 rings (SSSR count). The molecule has 3 saturated heterocycles. The van der Waals surface area contributed by atoms with Gasteiger partial charge in [-0.05, 0) is 196 Å². The number of carbonyl (C=O) groups is 3. The minimum Gasteiger partial charge on any atom is -0.386 e. The van der Waals surface area contributed by atoms with Crippen molar-refractivity contribution in [1.29, 1.82) is 0 Å². The average molecular weight is 1490 g/mol. The summed E-state index contributed by atoms with van der Waals surface area (Å²) in [6, 6.07) is 34.5. The molecule has 0 spiro atoms. The van der Waals surface area contributed by atoms with Crippen LogP contribution in [0.3, 0.4) is 0 Å². The SMILES string of the molecule is CCC(=O)Nc1ccc(Sc2nc(Nc3cc(C)[nH]n3)cc(N3CC(C)(OC(C)(C)C)C3)n2)cc1.CCC(=O)Nc1ccc(Sc2nc(Nc3cc(C)[nH]n3)cc(N3CC(C)(OC(C)C)C3)n2)cc1.CCC(=O)Nc1ccc(Sc2nc(Nc3cc(C)[nH]n3)cc(N3CC(O)(C4CCCC4)C3)n2)cc1.[HH].[HH].[HH].[HH].[HH].[HH].[HH]. The van der Waals surface area contributed by atoms with Crippen LogP contribution in [0.15, 0.2) is 139 Å². The van der Waals surface area contributed by atoms with Crippen LogP contribution in [-0.4, -0.2) is 151 Å². The summed E-state index contributed by atoms with van der Waals surface area (Å²) in [5, 5.41) is 52.9. The second-order valence-electron chi connectivity index (χ2n) is 28.4. The number of ether oxygens (including phenoxy) is 2. The molecule has 6 aromatic heterocycles. The number of nitrogens with one attached hydrogen (secondary N) is 9. The van der Waals surface area contributed by atoms with Gasteiger partial charge in [-0.3, -0.25) is 29.7 Å². The molecule has 1 aliphatic carbocycles. The lowest BCUT2D eigenvalue weighted by molar-refractivity contribution is -0.134. The molecule has 3 aliphatic heterocycles. The molecule has 0 atom stereocenters. The lowest BCUT2D eigenvalue weighted by Crippen LogP contribution is -2.65. The van der Waals surface area contributed by atoms with Crippen molar-refractivity contribution in [3.63, 3.8) is 0 Å². The van der Waals surface area contributed by atoms with E-state index in [9.17, 15) is 19.5 Å². The standard InChI is InChI=1S/C25H31N7O2S.C25H33N7O2S.C24H31N7O2S.7H2/c1-3-23(33)26-18-8-10-19(11-9-18)35-24-28-20(27-21-12-16(2)30-31-21)13-22(29-24)32-14-25(34,15-32)17-6-4-5-7-17;1-7-22(33)26-17-8-10-18(11-9-17)35-23-28-19(27-20-12-16(2)30-31-20)13-21(29-23)32-14-25(6,15-32)34-24(3,4)5;1-6-22(32)25-17-7-9-18(10-8-17)34-23-27-19(26-20-11-16(4)29-30-20)12-21(28-23)31-13-24(5,14-31)33-15(2)3;;;;;;;/h8-13,17,34H,3-7,14-15H2,1-2H3,(H,26,33)(H2,27,28,29,30,31);8-13H,7,14-15H2,1-6H3,(H,26,33)(H2,27,28,29,30,31);7-12,15H,6,13-14H2,1-5H3,(H,25,32)(H2,26,27,28,29,30);7*1H. The summed E-state index contributed by atoms with van der Waals surface area (Å²) in [4.78, 5) is 72.9. The molecule has 3 amide bonds. The zero-order valence-electron chi connectivity index (χ0n) is 61.3. The molecular formula is C74H109N21O6S3. The van der Waals surface area contributed by atoms with Gasteiger partial charge in [0, 0.05) is 128 Å². The fourth-order valence-corrected chi connectivity index (χ4v) is 14.9. The van der Waals surface area contributed by atoms with Crippen molar-refractivity contribution < 1.29 is 39.0 Å². The van der Waals surface area contributed by atoms with Crippen LogP contribution in [0.2, 0.25) is 0 Å². The third-order valence-corrected chi connectivity index (χ3v) is 19.8.